The molecule has 6 aromatic carbocycles. The number of fused-ring (bicyclic) bond motifs is 9. The van der Waals surface area contributed by atoms with Crippen molar-refractivity contribution >= 4 is 78.0 Å². The second-order valence-electron chi connectivity index (χ2n) is 32.8. The molecule has 4 fully saturated rings. The van der Waals surface area contributed by atoms with Crippen LogP contribution < -0.4 is 25.5 Å². The van der Waals surface area contributed by atoms with E-state index in [1.165, 1.54) is 176 Å². The molecule has 3 heterocycles. The minimum Gasteiger partial charge on any atom is -0.311 e. The van der Waals surface area contributed by atoms with E-state index in [-0.39, 0.29) is 50.0 Å². The minimum absolute atomic E-state index is 0.00515. The summed E-state index contributed by atoms with van der Waals surface area (Å²) in [7, 11) is 0. The van der Waals surface area contributed by atoms with Crippen LogP contribution in [-0.4, -0.2) is 6.71 Å². The molecule has 0 atom stereocenters. The second kappa shape index (κ2) is 16.6. The van der Waals surface area contributed by atoms with E-state index in [9.17, 15) is 0 Å². The number of benzene rings is 6. The van der Waals surface area contributed by atoms with Crippen LogP contribution in [0.15, 0.2) is 103 Å². The van der Waals surface area contributed by atoms with Crippen molar-refractivity contribution in [3.8, 4) is 11.1 Å². The van der Waals surface area contributed by atoms with Gasteiger partial charge in [-0.2, -0.15) is 0 Å². The molecule has 2 aliphatic heterocycles. The van der Waals surface area contributed by atoms with Gasteiger partial charge in [0.15, 0.2) is 0 Å². The van der Waals surface area contributed by atoms with Crippen LogP contribution in [0.25, 0.3) is 21.2 Å². The predicted molar refractivity (Wildman–Crippen MR) is 346 cm³/mol. The maximum atomic E-state index is 2.92. The molecule has 0 unspecified atom stereocenters. The molecule has 2 nitrogen and oxygen atoms in total. The summed E-state index contributed by atoms with van der Waals surface area (Å²) in [6.45, 7) is 37.6. The summed E-state index contributed by atoms with van der Waals surface area (Å²) in [6, 6.07) is 43.7. The summed E-state index contributed by atoms with van der Waals surface area (Å²) in [6.07, 6.45) is 15.4. The highest BCUT2D eigenvalue weighted by Gasteiger charge is 2.55. The molecule has 0 saturated heterocycles. The first-order valence-electron chi connectivity index (χ1n) is 31.6. The number of hydrogen-bond donors (Lipinski definition) is 0. The van der Waals surface area contributed by atoms with Gasteiger partial charge in [0.1, 0.15) is 0 Å². The lowest BCUT2D eigenvalue weighted by Crippen LogP contribution is -2.61. The molecule has 80 heavy (non-hydrogen) atoms. The first kappa shape index (κ1) is 51.8. The molecule has 7 aliphatic carbocycles. The van der Waals surface area contributed by atoms with Crippen LogP contribution in [0.2, 0.25) is 0 Å². The van der Waals surface area contributed by atoms with Crippen molar-refractivity contribution in [1.82, 2.24) is 0 Å². The Labute approximate surface area is 485 Å². The second-order valence-corrected chi connectivity index (χ2v) is 33.9. The molecule has 0 spiro atoms. The lowest BCUT2D eigenvalue weighted by molar-refractivity contribution is -0.00514. The molecule has 1 aromatic heterocycles. The van der Waals surface area contributed by atoms with Crippen molar-refractivity contribution in [1.29, 1.82) is 0 Å². The lowest BCUT2D eigenvalue weighted by atomic mass is 9.35. The first-order chi connectivity index (χ1) is 37.6. The van der Waals surface area contributed by atoms with Crippen LogP contribution in [0.3, 0.4) is 0 Å². The maximum absolute atomic E-state index is 2.92. The molecular weight excluding hydrogens is 984 g/mol. The molecule has 412 valence electrons. The van der Waals surface area contributed by atoms with Crippen LogP contribution in [-0.2, 0) is 43.3 Å². The molecule has 9 aliphatic rings. The van der Waals surface area contributed by atoms with E-state index in [1.54, 1.807) is 16.7 Å². The van der Waals surface area contributed by atoms with Crippen LogP contribution in [0.1, 0.15) is 225 Å². The number of rotatable bonds is 4. The molecule has 4 heteroatoms. The van der Waals surface area contributed by atoms with Gasteiger partial charge in [-0.1, -0.05) is 152 Å². The molecule has 4 saturated carbocycles. The van der Waals surface area contributed by atoms with Crippen LogP contribution in [0, 0.1) is 17.8 Å². The van der Waals surface area contributed by atoms with E-state index in [2.05, 4.69) is 228 Å². The molecule has 7 aromatic rings. The van der Waals surface area contributed by atoms with E-state index in [1.807, 2.05) is 0 Å². The monoisotopic (exact) mass is 1070 g/mol. The topological polar surface area (TPSA) is 6.48 Å². The minimum atomic E-state index is 0.00515. The van der Waals surface area contributed by atoms with Crippen molar-refractivity contribution in [2.24, 2.45) is 17.8 Å². The fraction of sp³-hybridized carbons (Fsp3) is 0.500. The fourth-order valence-electron chi connectivity index (χ4n) is 18.7. The Bertz CT molecular complexity index is 3740. The summed E-state index contributed by atoms with van der Waals surface area (Å²) in [5.41, 5.74) is 26.8. The number of anilines is 6. The molecule has 16 rings (SSSR count). The van der Waals surface area contributed by atoms with Gasteiger partial charge >= 0.3 is 0 Å². The highest BCUT2D eigenvalue weighted by atomic mass is 32.1. The Morgan fingerprint density at radius 2 is 0.975 bits per heavy atom. The van der Waals surface area contributed by atoms with Gasteiger partial charge in [-0.25, -0.2) is 0 Å². The van der Waals surface area contributed by atoms with E-state index in [0.717, 1.165) is 17.8 Å². The third kappa shape index (κ3) is 7.46. The number of nitrogens with zero attached hydrogens (tertiary/aromatic N) is 2. The summed E-state index contributed by atoms with van der Waals surface area (Å²) in [5.74, 6) is 2.49. The van der Waals surface area contributed by atoms with Crippen molar-refractivity contribution in [2.45, 2.75) is 224 Å². The van der Waals surface area contributed by atoms with Crippen LogP contribution in [0.5, 0.6) is 0 Å². The van der Waals surface area contributed by atoms with Crippen molar-refractivity contribution in [3.05, 3.63) is 148 Å². The first-order valence-corrected chi connectivity index (χ1v) is 32.4. The van der Waals surface area contributed by atoms with Gasteiger partial charge < -0.3 is 9.80 Å². The van der Waals surface area contributed by atoms with E-state index in [4.69, 9.17) is 0 Å². The zero-order chi connectivity index (χ0) is 55.8. The van der Waals surface area contributed by atoms with Gasteiger partial charge in [0, 0.05) is 43.2 Å². The van der Waals surface area contributed by atoms with Gasteiger partial charge in [0.25, 0.3) is 6.71 Å². The SMILES string of the molecule is CC(C)(C)c1ccc2sc3c(c2c1)N(c1ccc2c(c1)C(C)(C)CCC2(C)C)c1cc(C24CC5CC(CC(C5)C2)C4)cc2c1B3c1cc3c(cc1N2c1cc2c(cc1-c1ccccc1)C(C)(C)CCC2(C)C)C(C)(C)CCC3(C)C. The van der Waals surface area contributed by atoms with Gasteiger partial charge in [-0.3, -0.25) is 0 Å². The average Bonchev–Trinajstić information content (AvgIpc) is 1.68. The Morgan fingerprint density at radius 3 is 1.54 bits per heavy atom. The summed E-state index contributed by atoms with van der Waals surface area (Å²) in [4.78, 5) is 5.79. The standard InChI is InChI=1S/C76H89BN2S/c1-69(2,3)49-21-24-65-53(34-49)67-68(80-65)77-60-39-57-59(75(14,15)30-28-73(57,10)11)41-62(60)79(61-40-58-56(72(8,9)27-29-74(58,12)13)38-52(61)48-19-17-16-18-20-48)64-36-50(76-42-45-31-46(43-76)33-47(32-45)44-76)35-63(66(64)77)78(67)51-22-23-54-55(37-51)71(6,7)26-25-70(54,4)5/h16-24,34-41,45-47H,25-33,42-44H2,1-15H3. The van der Waals surface area contributed by atoms with Gasteiger partial charge in [-0.05, 0) is 254 Å². The van der Waals surface area contributed by atoms with Gasteiger partial charge in [0.2, 0.25) is 0 Å². The summed E-state index contributed by atoms with van der Waals surface area (Å²) in [5, 5.41) is 1.41. The summed E-state index contributed by atoms with van der Waals surface area (Å²) < 4.78 is 2.90. The molecule has 4 bridgehead atoms. The largest absolute Gasteiger partial charge is 0.311 e. The fourth-order valence-corrected chi connectivity index (χ4v) is 20.0. The molecule has 0 N–H and O–H groups in total. The van der Waals surface area contributed by atoms with E-state index < -0.39 is 0 Å². The van der Waals surface area contributed by atoms with E-state index >= 15 is 0 Å². The molecule has 0 radical (unpaired) electrons. The Kier molecular flexibility index (Phi) is 10.7. The van der Waals surface area contributed by atoms with Crippen LogP contribution in [0.4, 0.5) is 34.1 Å². The highest BCUT2D eigenvalue weighted by Crippen LogP contribution is 2.63. The third-order valence-corrected chi connectivity index (χ3v) is 24.8. The van der Waals surface area contributed by atoms with Gasteiger partial charge in [-0.15, -0.1) is 11.3 Å². The highest BCUT2D eigenvalue weighted by molar-refractivity contribution is 7.33. The maximum Gasteiger partial charge on any atom is 0.264 e. The van der Waals surface area contributed by atoms with Gasteiger partial charge in [0.05, 0.1) is 11.4 Å². The zero-order valence-corrected chi connectivity index (χ0v) is 52.2. The Balaban J connectivity index is 1.12. The Morgan fingerprint density at radius 1 is 0.475 bits per heavy atom. The quantitative estimate of drug-likeness (QED) is 0.162. The third-order valence-electron chi connectivity index (χ3n) is 23.5. The van der Waals surface area contributed by atoms with Crippen molar-refractivity contribution < 1.29 is 0 Å². The average molecular weight is 1070 g/mol. The van der Waals surface area contributed by atoms with Crippen molar-refractivity contribution in [3.63, 3.8) is 0 Å². The molecular formula is C76H89BN2S. The predicted octanol–water partition coefficient (Wildman–Crippen LogP) is 19.5. The lowest BCUT2D eigenvalue weighted by Gasteiger charge is -2.57. The summed E-state index contributed by atoms with van der Waals surface area (Å²) >= 11 is 2.09. The van der Waals surface area contributed by atoms with Crippen LogP contribution >= 0.6 is 11.3 Å². The Hall–Kier alpha value is -5.06. The molecule has 0 amide bonds. The normalized spacial score (nSPS) is 26.3. The number of hydrogen-bond acceptors (Lipinski definition) is 3. The number of thiophene rings is 1. The van der Waals surface area contributed by atoms with Crippen molar-refractivity contribution in [2.75, 3.05) is 9.80 Å². The van der Waals surface area contributed by atoms with E-state index in [0.29, 0.717) is 0 Å². The smallest absolute Gasteiger partial charge is 0.264 e. The zero-order valence-electron chi connectivity index (χ0n) is 51.4.